The lowest BCUT2D eigenvalue weighted by Crippen LogP contribution is -2.27. The molecule has 0 aliphatic carbocycles. The van der Waals surface area contributed by atoms with Gasteiger partial charge < -0.3 is 26.0 Å². The molecule has 2 aromatic carbocycles. The van der Waals surface area contributed by atoms with Gasteiger partial charge in [0.1, 0.15) is 22.9 Å². The second-order valence-corrected chi connectivity index (χ2v) is 7.00. The maximum atomic E-state index is 12.5. The van der Waals surface area contributed by atoms with E-state index in [2.05, 4.69) is 20.0 Å². The Morgan fingerprint density at radius 2 is 1.79 bits per heavy atom. The van der Waals surface area contributed by atoms with Crippen LogP contribution < -0.4 is 16.2 Å². The average Bonchev–Trinajstić information content (AvgIpc) is 2.80. The molecular weight excluding hydrogens is 436 g/mol. The van der Waals surface area contributed by atoms with Gasteiger partial charge in [0.15, 0.2) is 0 Å². The highest BCUT2D eigenvalue weighted by molar-refractivity contribution is 6.24. The molecular formula is C24H26N6O4. The van der Waals surface area contributed by atoms with Gasteiger partial charge >= 0.3 is 5.97 Å². The van der Waals surface area contributed by atoms with Gasteiger partial charge in [0, 0.05) is 10.9 Å². The number of hydrogen-bond acceptors (Lipinski definition) is 7. The Kier molecular flexibility index (Phi) is 7.75. The molecule has 0 radical (unpaired) electrons. The standard InChI is InChI=1S/C24H26N6O4/c1-4-33-16-11-12-18-17(13-16)14(3)27-24(28-18)30-23(26)29-21(25)19(22(32)34-5-2)20(31)15-9-7-6-8-10-15/h6-13,31H,4-5H2,1-3H3,(H4,25,26,27,28,29,30)/b20-19-. The molecule has 0 amide bonds. The maximum Gasteiger partial charge on any atom is 0.345 e. The molecule has 0 unspecified atom stereocenters. The first-order valence-electron chi connectivity index (χ1n) is 10.6. The molecule has 0 fully saturated rings. The minimum atomic E-state index is -0.846. The monoisotopic (exact) mass is 462 g/mol. The number of aliphatic hydroxyl groups excluding tert-OH is 1. The molecule has 0 spiro atoms. The number of benzene rings is 2. The fourth-order valence-corrected chi connectivity index (χ4v) is 3.12. The number of fused-ring (bicyclic) bond motifs is 1. The zero-order valence-corrected chi connectivity index (χ0v) is 19.1. The number of guanidine groups is 1. The fourth-order valence-electron chi connectivity index (χ4n) is 3.12. The third kappa shape index (κ3) is 5.66. The molecule has 0 aliphatic rings. The summed E-state index contributed by atoms with van der Waals surface area (Å²) in [4.78, 5) is 29.3. The summed E-state index contributed by atoms with van der Waals surface area (Å²) in [5, 5.41) is 11.5. The van der Waals surface area contributed by atoms with Crippen molar-refractivity contribution in [2.75, 3.05) is 13.2 Å². The smallest absolute Gasteiger partial charge is 0.345 e. The number of rotatable bonds is 7. The van der Waals surface area contributed by atoms with Gasteiger partial charge in [-0.2, -0.15) is 9.98 Å². The number of ether oxygens (including phenoxy) is 2. The van der Waals surface area contributed by atoms with Crippen molar-refractivity contribution in [2.45, 2.75) is 20.8 Å². The number of nitrogens with two attached hydrogens (primary N) is 2. The van der Waals surface area contributed by atoms with Crippen molar-refractivity contribution >= 4 is 40.4 Å². The van der Waals surface area contributed by atoms with Gasteiger partial charge in [-0.15, -0.1) is 0 Å². The lowest BCUT2D eigenvalue weighted by Gasteiger charge is -2.10. The van der Waals surface area contributed by atoms with E-state index in [1.54, 1.807) is 49.4 Å². The Morgan fingerprint density at radius 3 is 2.47 bits per heavy atom. The Labute approximate surface area is 196 Å². The van der Waals surface area contributed by atoms with Gasteiger partial charge in [-0.3, -0.25) is 0 Å². The van der Waals surface area contributed by atoms with Crippen LogP contribution in [0.25, 0.3) is 16.7 Å². The molecule has 0 bridgehead atoms. The van der Waals surface area contributed by atoms with Gasteiger partial charge in [-0.1, -0.05) is 30.3 Å². The summed E-state index contributed by atoms with van der Waals surface area (Å²) < 4.78 is 10.5. The third-order valence-electron chi connectivity index (χ3n) is 4.63. The van der Waals surface area contributed by atoms with Crippen molar-refractivity contribution < 1.29 is 19.4 Å². The first-order valence-corrected chi connectivity index (χ1v) is 10.6. The van der Waals surface area contributed by atoms with E-state index in [9.17, 15) is 9.90 Å². The third-order valence-corrected chi connectivity index (χ3v) is 4.63. The second-order valence-electron chi connectivity index (χ2n) is 7.00. The van der Waals surface area contributed by atoms with E-state index in [0.717, 1.165) is 5.39 Å². The predicted octanol–water partition coefficient (Wildman–Crippen LogP) is 3.17. The number of carbonyl (C=O) groups excluding carboxylic acids is 1. The lowest BCUT2D eigenvalue weighted by atomic mass is 10.1. The van der Waals surface area contributed by atoms with Crippen LogP contribution in [0.5, 0.6) is 5.75 Å². The Bertz CT molecular complexity index is 1290. The molecule has 0 aliphatic heterocycles. The normalized spacial score (nSPS) is 12.9. The quantitative estimate of drug-likeness (QED) is 0.159. The zero-order chi connectivity index (χ0) is 24.7. The van der Waals surface area contributed by atoms with Gasteiger partial charge in [-0.05, 0) is 39.0 Å². The van der Waals surface area contributed by atoms with Crippen LogP contribution in [0.3, 0.4) is 0 Å². The van der Waals surface area contributed by atoms with Crippen LogP contribution in [-0.2, 0) is 9.53 Å². The number of hydrogen-bond donors (Lipinski definition) is 3. The van der Waals surface area contributed by atoms with Gasteiger partial charge in [0.05, 0.1) is 24.4 Å². The van der Waals surface area contributed by atoms with Crippen LogP contribution in [-0.4, -0.2) is 46.1 Å². The van der Waals surface area contributed by atoms with Crippen LogP contribution in [0.2, 0.25) is 0 Å². The van der Waals surface area contributed by atoms with E-state index in [-0.39, 0.29) is 29.9 Å². The minimum absolute atomic E-state index is 0.0668. The van der Waals surface area contributed by atoms with Crippen molar-refractivity contribution in [1.29, 1.82) is 0 Å². The average molecular weight is 463 g/mol. The zero-order valence-electron chi connectivity index (χ0n) is 19.1. The molecule has 3 rings (SSSR count). The Morgan fingerprint density at radius 1 is 1.06 bits per heavy atom. The largest absolute Gasteiger partial charge is 0.506 e. The highest BCUT2D eigenvalue weighted by Gasteiger charge is 2.22. The molecule has 3 aromatic rings. The molecule has 1 heterocycles. The fraction of sp³-hybridized carbons (Fsp3) is 0.208. The van der Waals surface area contributed by atoms with E-state index in [1.165, 1.54) is 0 Å². The summed E-state index contributed by atoms with van der Waals surface area (Å²) in [5.74, 6) is -1.12. The molecule has 0 atom stereocenters. The summed E-state index contributed by atoms with van der Waals surface area (Å²) in [6.07, 6.45) is 0. The van der Waals surface area contributed by atoms with Gasteiger partial charge in [0.2, 0.25) is 5.96 Å². The molecule has 34 heavy (non-hydrogen) atoms. The van der Waals surface area contributed by atoms with Gasteiger partial charge in [0.25, 0.3) is 5.95 Å². The number of aryl methyl sites for hydroxylation is 1. The summed E-state index contributed by atoms with van der Waals surface area (Å²) in [5.41, 5.74) is 13.3. The van der Waals surface area contributed by atoms with E-state index in [0.29, 0.717) is 29.1 Å². The van der Waals surface area contributed by atoms with Crippen molar-refractivity contribution in [2.24, 2.45) is 21.5 Å². The number of aliphatic hydroxyl groups is 1. The topological polar surface area (TPSA) is 158 Å². The van der Waals surface area contributed by atoms with E-state index >= 15 is 0 Å². The number of amidine groups is 1. The van der Waals surface area contributed by atoms with Crippen LogP contribution in [0.15, 0.2) is 64.1 Å². The summed E-state index contributed by atoms with van der Waals surface area (Å²) in [6.45, 7) is 5.98. The van der Waals surface area contributed by atoms with E-state index < -0.39 is 11.7 Å². The minimum Gasteiger partial charge on any atom is -0.506 e. The number of aromatic nitrogens is 2. The molecule has 1 aromatic heterocycles. The van der Waals surface area contributed by atoms with Crippen LogP contribution in [0.1, 0.15) is 25.1 Å². The highest BCUT2D eigenvalue weighted by atomic mass is 16.5. The Hall–Kier alpha value is -4.47. The predicted molar refractivity (Wildman–Crippen MR) is 131 cm³/mol. The van der Waals surface area contributed by atoms with Gasteiger partial charge in [-0.25, -0.2) is 14.8 Å². The van der Waals surface area contributed by atoms with E-state index in [4.69, 9.17) is 20.9 Å². The second kappa shape index (κ2) is 10.9. The number of carbonyl (C=O) groups is 1. The molecule has 10 heteroatoms. The molecule has 10 nitrogen and oxygen atoms in total. The maximum absolute atomic E-state index is 12.5. The number of esters is 1. The summed E-state index contributed by atoms with van der Waals surface area (Å²) >= 11 is 0. The Balaban J connectivity index is 1.99. The van der Waals surface area contributed by atoms with Crippen LogP contribution in [0, 0.1) is 6.92 Å². The van der Waals surface area contributed by atoms with E-state index in [1.807, 2.05) is 19.9 Å². The van der Waals surface area contributed by atoms with Crippen molar-refractivity contribution in [3.8, 4) is 5.75 Å². The number of nitrogens with zero attached hydrogens (tertiary/aromatic N) is 4. The van der Waals surface area contributed by atoms with Crippen molar-refractivity contribution in [3.63, 3.8) is 0 Å². The van der Waals surface area contributed by atoms with Crippen molar-refractivity contribution in [1.82, 2.24) is 9.97 Å². The first kappa shape index (κ1) is 24.2. The highest BCUT2D eigenvalue weighted by Crippen LogP contribution is 2.24. The van der Waals surface area contributed by atoms with Crippen LogP contribution in [0.4, 0.5) is 5.95 Å². The summed E-state index contributed by atoms with van der Waals surface area (Å²) in [7, 11) is 0. The SMILES string of the molecule is CCOC(=O)C(/C(N)=N/C(N)=N/c1nc(C)c2cc(OCC)ccc2n1)=C(\O)c1ccccc1. The molecule has 5 N–H and O–H groups in total. The first-order chi connectivity index (χ1) is 16.3. The molecule has 0 saturated carbocycles. The molecule has 176 valence electrons. The van der Waals surface area contributed by atoms with Crippen LogP contribution >= 0.6 is 0 Å². The lowest BCUT2D eigenvalue weighted by molar-refractivity contribution is -0.137. The summed E-state index contributed by atoms with van der Waals surface area (Å²) in [6, 6.07) is 13.8. The van der Waals surface area contributed by atoms with Crippen molar-refractivity contribution in [3.05, 3.63) is 65.4 Å². The number of aliphatic imine (C=N–C) groups is 2. The molecule has 0 saturated heterocycles.